The van der Waals surface area contributed by atoms with Crippen LogP contribution in [0.1, 0.15) is 12.5 Å². The van der Waals surface area contributed by atoms with Crippen molar-refractivity contribution in [3.63, 3.8) is 0 Å². The number of carbonyl (C=O) groups excluding carboxylic acids is 1. The molecule has 1 aromatic rings. The molecule has 6 nitrogen and oxygen atoms in total. The number of rotatable bonds is 2. The number of hydrogen-bond donors (Lipinski definition) is 1. The van der Waals surface area contributed by atoms with Crippen LogP contribution in [-0.4, -0.2) is 40.7 Å². The van der Waals surface area contributed by atoms with E-state index in [0.29, 0.717) is 6.42 Å². The molecule has 0 aliphatic carbocycles. The molecule has 1 fully saturated rings. The molecule has 1 saturated heterocycles. The SMILES string of the molecule is COC(=O)[C@@H]1C[C@@H](n2ccnn2)CN1.Cl.Cl. The predicted octanol–water partition coefficient (Wildman–Crippen LogP) is 0.198. The van der Waals surface area contributed by atoms with Gasteiger partial charge in [-0.2, -0.15) is 0 Å². The first-order chi connectivity index (χ1) is 6.81. The van der Waals surface area contributed by atoms with Crippen LogP contribution < -0.4 is 5.32 Å². The number of ether oxygens (including phenoxy) is 1. The average molecular weight is 269 g/mol. The van der Waals surface area contributed by atoms with E-state index in [1.807, 2.05) is 0 Å². The third kappa shape index (κ3) is 3.07. The van der Waals surface area contributed by atoms with Crippen LogP contribution >= 0.6 is 24.8 Å². The van der Waals surface area contributed by atoms with Gasteiger partial charge in [-0.3, -0.25) is 4.79 Å². The number of hydrogen-bond acceptors (Lipinski definition) is 5. The van der Waals surface area contributed by atoms with E-state index >= 15 is 0 Å². The molecule has 0 amide bonds. The summed E-state index contributed by atoms with van der Waals surface area (Å²) >= 11 is 0. The second-order valence-corrected chi connectivity index (χ2v) is 3.26. The number of methoxy groups -OCH3 is 1. The van der Waals surface area contributed by atoms with E-state index in [0.717, 1.165) is 6.54 Å². The Bertz CT molecular complexity index is 320. The summed E-state index contributed by atoms with van der Waals surface area (Å²) in [5.41, 5.74) is 0. The number of nitrogens with zero attached hydrogens (tertiary/aromatic N) is 3. The molecule has 0 unspecified atom stereocenters. The largest absolute Gasteiger partial charge is 0.468 e. The summed E-state index contributed by atoms with van der Waals surface area (Å²) in [5, 5.41) is 10.7. The Morgan fingerprint density at radius 2 is 2.31 bits per heavy atom. The first kappa shape index (κ1) is 15.2. The van der Waals surface area contributed by atoms with Crippen LogP contribution in [-0.2, 0) is 9.53 Å². The Morgan fingerprint density at radius 3 is 2.88 bits per heavy atom. The second kappa shape index (κ2) is 6.67. The lowest BCUT2D eigenvalue weighted by atomic mass is 10.2. The van der Waals surface area contributed by atoms with Gasteiger partial charge in [0.1, 0.15) is 6.04 Å². The molecule has 92 valence electrons. The smallest absolute Gasteiger partial charge is 0.322 e. The van der Waals surface area contributed by atoms with Gasteiger partial charge in [0.25, 0.3) is 0 Å². The highest BCUT2D eigenvalue weighted by atomic mass is 35.5. The van der Waals surface area contributed by atoms with Crippen molar-refractivity contribution in [2.24, 2.45) is 0 Å². The van der Waals surface area contributed by atoms with Crippen molar-refractivity contribution in [1.82, 2.24) is 20.3 Å². The highest BCUT2D eigenvalue weighted by Crippen LogP contribution is 2.18. The summed E-state index contributed by atoms with van der Waals surface area (Å²) in [6, 6.07) is -0.0178. The molecule has 0 radical (unpaired) electrons. The van der Waals surface area contributed by atoms with E-state index in [9.17, 15) is 4.79 Å². The van der Waals surface area contributed by atoms with Crippen LogP contribution in [0.15, 0.2) is 12.4 Å². The Balaban J connectivity index is 0.00000112. The first-order valence-corrected chi connectivity index (χ1v) is 4.48. The van der Waals surface area contributed by atoms with Crippen molar-refractivity contribution in [1.29, 1.82) is 0 Å². The number of aromatic nitrogens is 3. The summed E-state index contributed by atoms with van der Waals surface area (Å²) in [6.07, 6.45) is 4.13. The monoisotopic (exact) mass is 268 g/mol. The molecule has 1 aliphatic heterocycles. The Morgan fingerprint density at radius 1 is 1.56 bits per heavy atom. The summed E-state index contributed by atoms with van der Waals surface area (Å²) < 4.78 is 6.41. The van der Waals surface area contributed by atoms with E-state index in [4.69, 9.17) is 0 Å². The van der Waals surface area contributed by atoms with Gasteiger partial charge >= 0.3 is 5.97 Å². The van der Waals surface area contributed by atoms with Crippen LogP contribution in [0, 0.1) is 0 Å². The van der Waals surface area contributed by atoms with Crippen molar-refractivity contribution in [3.05, 3.63) is 12.4 Å². The van der Waals surface area contributed by atoms with Crippen LogP contribution in [0.4, 0.5) is 0 Å². The maximum atomic E-state index is 11.2. The zero-order valence-corrected chi connectivity index (χ0v) is 10.3. The van der Waals surface area contributed by atoms with E-state index in [-0.39, 0.29) is 42.9 Å². The van der Waals surface area contributed by atoms with Crippen molar-refractivity contribution >= 4 is 30.8 Å². The molecule has 2 heterocycles. The number of halogens is 2. The number of esters is 1. The summed E-state index contributed by atoms with van der Waals surface area (Å²) in [5.74, 6) is -0.215. The minimum absolute atomic E-state index is 0. The minimum Gasteiger partial charge on any atom is -0.468 e. The lowest BCUT2D eigenvalue weighted by molar-refractivity contribution is -0.142. The van der Waals surface area contributed by atoms with E-state index in [2.05, 4.69) is 20.4 Å². The Hall–Kier alpha value is -0.850. The topological polar surface area (TPSA) is 69.0 Å². The zero-order valence-electron chi connectivity index (χ0n) is 8.70. The van der Waals surface area contributed by atoms with Gasteiger partial charge in [-0.05, 0) is 6.42 Å². The molecule has 1 N–H and O–H groups in total. The van der Waals surface area contributed by atoms with Gasteiger partial charge in [-0.15, -0.1) is 29.9 Å². The van der Waals surface area contributed by atoms with Crippen LogP contribution in [0.25, 0.3) is 0 Å². The lowest BCUT2D eigenvalue weighted by Gasteiger charge is -2.08. The van der Waals surface area contributed by atoms with E-state index < -0.39 is 0 Å². The van der Waals surface area contributed by atoms with E-state index in [1.165, 1.54) is 7.11 Å². The van der Waals surface area contributed by atoms with Crippen molar-refractivity contribution in [2.45, 2.75) is 18.5 Å². The van der Waals surface area contributed by atoms with E-state index in [1.54, 1.807) is 17.1 Å². The minimum atomic E-state index is -0.215. The summed E-state index contributed by atoms with van der Waals surface area (Å²) in [7, 11) is 1.40. The molecule has 16 heavy (non-hydrogen) atoms. The molecule has 2 atom stereocenters. The molecular formula is C8H14Cl2N4O2. The van der Waals surface area contributed by atoms with Crippen molar-refractivity contribution < 1.29 is 9.53 Å². The normalized spacial score (nSPS) is 23.1. The van der Waals surface area contributed by atoms with Gasteiger partial charge in [-0.1, -0.05) is 5.21 Å². The fourth-order valence-corrected chi connectivity index (χ4v) is 1.65. The Labute approximate surface area is 106 Å². The third-order valence-electron chi connectivity index (χ3n) is 2.41. The fourth-order valence-electron chi connectivity index (χ4n) is 1.65. The van der Waals surface area contributed by atoms with Crippen LogP contribution in [0.3, 0.4) is 0 Å². The van der Waals surface area contributed by atoms with Gasteiger partial charge in [0.05, 0.1) is 19.3 Å². The molecule has 0 spiro atoms. The van der Waals surface area contributed by atoms with Gasteiger partial charge < -0.3 is 10.1 Å². The fraction of sp³-hybridized carbons (Fsp3) is 0.625. The quantitative estimate of drug-likeness (QED) is 0.777. The average Bonchev–Trinajstić information content (AvgIpc) is 2.86. The molecule has 8 heteroatoms. The third-order valence-corrected chi connectivity index (χ3v) is 2.41. The zero-order chi connectivity index (χ0) is 9.97. The lowest BCUT2D eigenvalue weighted by Crippen LogP contribution is -2.31. The molecule has 2 rings (SSSR count). The van der Waals surface area contributed by atoms with Gasteiger partial charge in [0.15, 0.2) is 0 Å². The maximum absolute atomic E-state index is 11.2. The molecule has 0 bridgehead atoms. The molecular weight excluding hydrogens is 255 g/mol. The second-order valence-electron chi connectivity index (χ2n) is 3.26. The first-order valence-electron chi connectivity index (χ1n) is 4.48. The van der Waals surface area contributed by atoms with Gasteiger partial charge in [0, 0.05) is 12.7 Å². The predicted molar refractivity (Wildman–Crippen MR) is 62.0 cm³/mol. The Kier molecular flexibility index (Phi) is 6.32. The van der Waals surface area contributed by atoms with Gasteiger partial charge in [-0.25, -0.2) is 4.68 Å². The molecule has 1 aromatic heterocycles. The number of nitrogens with one attached hydrogen (secondary N) is 1. The van der Waals surface area contributed by atoms with Crippen molar-refractivity contribution in [2.75, 3.05) is 13.7 Å². The highest BCUT2D eigenvalue weighted by molar-refractivity contribution is 5.85. The maximum Gasteiger partial charge on any atom is 0.322 e. The molecule has 0 aromatic carbocycles. The molecule has 1 aliphatic rings. The summed E-state index contributed by atoms with van der Waals surface area (Å²) in [6.45, 7) is 0.725. The number of carbonyl (C=O) groups is 1. The highest BCUT2D eigenvalue weighted by Gasteiger charge is 2.31. The van der Waals surface area contributed by atoms with Gasteiger partial charge in [0.2, 0.25) is 0 Å². The standard InChI is InChI=1S/C8H12N4O2.2ClH/c1-14-8(13)7-4-6(5-9-7)12-3-2-10-11-12;;/h2-3,6-7,9H,4-5H2,1H3;2*1H/t6-,7+;;/m1../s1. The molecule has 0 saturated carbocycles. The summed E-state index contributed by atoms with van der Waals surface area (Å²) in [4.78, 5) is 11.2. The van der Waals surface area contributed by atoms with Crippen LogP contribution in [0.2, 0.25) is 0 Å². The van der Waals surface area contributed by atoms with Crippen molar-refractivity contribution in [3.8, 4) is 0 Å². The van der Waals surface area contributed by atoms with Crippen LogP contribution in [0.5, 0.6) is 0 Å².